The number of hydrogen-bond acceptors (Lipinski definition) is 5. The summed E-state index contributed by atoms with van der Waals surface area (Å²) in [6.07, 6.45) is 1.33. The normalized spacial score (nSPS) is 10.3. The van der Waals surface area contributed by atoms with Crippen LogP contribution in [0.2, 0.25) is 5.02 Å². The van der Waals surface area contributed by atoms with E-state index in [-0.39, 0.29) is 11.6 Å². The molecular weight excluding hydrogens is 352 g/mol. The number of nitrogens with one attached hydrogen (secondary N) is 2. The molecule has 1 amide bonds. The number of methoxy groups -OCH3 is 1. The first kappa shape index (κ1) is 17.7. The van der Waals surface area contributed by atoms with Gasteiger partial charge < -0.3 is 15.4 Å². The summed E-state index contributed by atoms with van der Waals surface area (Å²) in [5, 5.41) is 6.55. The zero-order valence-corrected chi connectivity index (χ0v) is 15.0. The van der Waals surface area contributed by atoms with Crippen LogP contribution in [-0.2, 0) is 0 Å². The van der Waals surface area contributed by atoms with Crippen LogP contribution < -0.4 is 15.4 Å². The van der Waals surface area contributed by atoms with Crippen LogP contribution in [0.4, 0.5) is 17.2 Å². The van der Waals surface area contributed by atoms with Crippen molar-refractivity contribution in [3.8, 4) is 5.75 Å². The third-order valence-electron chi connectivity index (χ3n) is 3.70. The van der Waals surface area contributed by atoms with Crippen molar-refractivity contribution < 1.29 is 9.53 Å². The monoisotopic (exact) mass is 368 g/mol. The quantitative estimate of drug-likeness (QED) is 0.696. The summed E-state index contributed by atoms with van der Waals surface area (Å²) in [6, 6.07) is 14.3. The molecule has 1 heterocycles. The van der Waals surface area contributed by atoms with Gasteiger partial charge in [0.15, 0.2) is 0 Å². The van der Waals surface area contributed by atoms with E-state index in [1.165, 1.54) is 6.33 Å². The minimum Gasteiger partial charge on any atom is -0.495 e. The molecule has 7 heteroatoms. The van der Waals surface area contributed by atoms with Crippen LogP contribution in [0.1, 0.15) is 16.1 Å². The van der Waals surface area contributed by atoms with Crippen molar-refractivity contribution >= 4 is 34.7 Å². The number of aryl methyl sites for hydroxylation is 1. The van der Waals surface area contributed by atoms with Crippen molar-refractivity contribution in [2.24, 2.45) is 0 Å². The van der Waals surface area contributed by atoms with Gasteiger partial charge in [-0.15, -0.1) is 0 Å². The zero-order chi connectivity index (χ0) is 18.5. The van der Waals surface area contributed by atoms with E-state index in [0.29, 0.717) is 22.3 Å². The fourth-order valence-electron chi connectivity index (χ4n) is 2.30. The predicted molar refractivity (Wildman–Crippen MR) is 102 cm³/mol. The maximum Gasteiger partial charge on any atom is 0.274 e. The highest BCUT2D eigenvalue weighted by atomic mass is 35.5. The Morgan fingerprint density at radius 3 is 2.69 bits per heavy atom. The summed E-state index contributed by atoms with van der Waals surface area (Å²) in [5.74, 6) is 0.703. The number of rotatable bonds is 5. The first-order valence-corrected chi connectivity index (χ1v) is 8.24. The maximum absolute atomic E-state index is 12.5. The molecular formula is C19H17ClN4O2. The Balaban J connectivity index is 1.78. The molecule has 1 aromatic heterocycles. The van der Waals surface area contributed by atoms with Crippen molar-refractivity contribution in [3.05, 3.63) is 71.1 Å². The van der Waals surface area contributed by atoms with E-state index >= 15 is 0 Å². The van der Waals surface area contributed by atoms with Crippen LogP contribution in [0.25, 0.3) is 0 Å². The van der Waals surface area contributed by atoms with Crippen LogP contribution in [-0.4, -0.2) is 23.0 Å². The van der Waals surface area contributed by atoms with Crippen molar-refractivity contribution in [1.29, 1.82) is 0 Å². The minimum absolute atomic E-state index is 0.228. The number of ether oxygens (including phenoxy) is 1. The van der Waals surface area contributed by atoms with Crippen LogP contribution >= 0.6 is 11.6 Å². The van der Waals surface area contributed by atoms with E-state index in [1.54, 1.807) is 31.4 Å². The fraction of sp³-hybridized carbons (Fsp3) is 0.105. The van der Waals surface area contributed by atoms with Gasteiger partial charge in [0.05, 0.1) is 12.8 Å². The SMILES string of the molecule is COc1ccccc1NC(=O)c1cc(Nc2ccc(C)c(Cl)c2)ncn1. The van der Waals surface area contributed by atoms with E-state index in [1.807, 2.05) is 31.2 Å². The Hall–Kier alpha value is -3.12. The molecule has 3 rings (SSSR count). The summed E-state index contributed by atoms with van der Waals surface area (Å²) < 4.78 is 5.23. The highest BCUT2D eigenvalue weighted by molar-refractivity contribution is 6.31. The minimum atomic E-state index is -0.359. The summed E-state index contributed by atoms with van der Waals surface area (Å²) >= 11 is 6.13. The van der Waals surface area contributed by atoms with E-state index in [9.17, 15) is 4.79 Å². The molecule has 0 bridgehead atoms. The van der Waals surface area contributed by atoms with Crippen molar-refractivity contribution in [3.63, 3.8) is 0 Å². The first-order valence-electron chi connectivity index (χ1n) is 7.86. The molecule has 0 spiro atoms. The smallest absolute Gasteiger partial charge is 0.274 e. The van der Waals surface area contributed by atoms with Gasteiger partial charge in [-0.25, -0.2) is 9.97 Å². The molecule has 26 heavy (non-hydrogen) atoms. The molecule has 0 atom stereocenters. The summed E-state index contributed by atoms with van der Waals surface area (Å²) in [4.78, 5) is 20.7. The third-order valence-corrected chi connectivity index (χ3v) is 4.11. The van der Waals surface area contributed by atoms with Gasteiger partial charge in [-0.3, -0.25) is 4.79 Å². The van der Waals surface area contributed by atoms with Crippen LogP contribution in [0, 0.1) is 6.92 Å². The van der Waals surface area contributed by atoms with Crippen LogP contribution in [0.3, 0.4) is 0 Å². The zero-order valence-electron chi connectivity index (χ0n) is 14.3. The number of para-hydroxylation sites is 2. The number of aromatic nitrogens is 2. The van der Waals surface area contributed by atoms with Gasteiger partial charge in [-0.05, 0) is 36.8 Å². The lowest BCUT2D eigenvalue weighted by molar-refractivity contribution is 0.102. The first-order chi connectivity index (χ1) is 12.6. The third kappa shape index (κ3) is 4.10. The Labute approximate surface area is 156 Å². The molecule has 0 aliphatic heterocycles. The van der Waals surface area contributed by atoms with Gasteiger partial charge in [0.25, 0.3) is 5.91 Å². The van der Waals surface area contributed by atoms with Gasteiger partial charge >= 0.3 is 0 Å². The molecule has 0 saturated carbocycles. The van der Waals surface area contributed by atoms with Gasteiger partial charge in [0, 0.05) is 16.8 Å². The molecule has 6 nitrogen and oxygen atoms in total. The second-order valence-corrected chi connectivity index (χ2v) is 5.94. The average Bonchev–Trinajstić information content (AvgIpc) is 2.65. The van der Waals surface area contributed by atoms with Crippen LogP contribution in [0.5, 0.6) is 5.75 Å². The molecule has 0 fully saturated rings. The number of anilines is 3. The van der Waals surface area contributed by atoms with Crippen LogP contribution in [0.15, 0.2) is 54.9 Å². The summed E-state index contributed by atoms with van der Waals surface area (Å²) in [5.41, 5.74) is 2.55. The Kier molecular flexibility index (Phi) is 5.34. The number of carbonyl (C=O) groups excluding carboxylic acids is 1. The molecule has 2 N–H and O–H groups in total. The average molecular weight is 369 g/mol. The number of halogens is 1. The number of amides is 1. The Morgan fingerprint density at radius 1 is 1.12 bits per heavy atom. The van der Waals surface area contributed by atoms with Gasteiger partial charge in [-0.1, -0.05) is 29.8 Å². The standard InChI is InChI=1S/C19H17ClN4O2/c1-12-7-8-13(9-14(12)20)23-18-10-16(21-11-22-18)19(25)24-15-5-3-4-6-17(15)26-2/h3-11H,1-2H3,(H,24,25)(H,21,22,23). The number of nitrogens with zero attached hydrogens (tertiary/aromatic N) is 2. The molecule has 3 aromatic rings. The second-order valence-electron chi connectivity index (χ2n) is 5.53. The lowest BCUT2D eigenvalue weighted by Crippen LogP contribution is -2.15. The number of carbonyl (C=O) groups is 1. The molecule has 0 aliphatic carbocycles. The molecule has 0 aliphatic rings. The Morgan fingerprint density at radius 2 is 1.92 bits per heavy atom. The van der Waals surface area contributed by atoms with Gasteiger partial charge in [0.1, 0.15) is 23.6 Å². The number of hydrogen-bond donors (Lipinski definition) is 2. The van der Waals surface area contributed by atoms with E-state index in [4.69, 9.17) is 16.3 Å². The largest absolute Gasteiger partial charge is 0.495 e. The maximum atomic E-state index is 12.5. The highest BCUT2D eigenvalue weighted by Gasteiger charge is 2.12. The van der Waals surface area contributed by atoms with E-state index in [2.05, 4.69) is 20.6 Å². The fourth-order valence-corrected chi connectivity index (χ4v) is 2.48. The van der Waals surface area contributed by atoms with Gasteiger partial charge in [-0.2, -0.15) is 0 Å². The molecule has 132 valence electrons. The van der Waals surface area contributed by atoms with E-state index < -0.39 is 0 Å². The Bertz CT molecular complexity index is 946. The predicted octanol–water partition coefficient (Wildman–Crippen LogP) is 4.44. The van der Waals surface area contributed by atoms with Crippen molar-refractivity contribution in [2.75, 3.05) is 17.7 Å². The van der Waals surface area contributed by atoms with Crippen molar-refractivity contribution in [2.45, 2.75) is 6.92 Å². The molecule has 0 saturated heterocycles. The van der Waals surface area contributed by atoms with Crippen molar-refractivity contribution in [1.82, 2.24) is 9.97 Å². The summed E-state index contributed by atoms with van der Waals surface area (Å²) in [6.45, 7) is 1.93. The topological polar surface area (TPSA) is 76.1 Å². The molecule has 0 radical (unpaired) electrons. The second kappa shape index (κ2) is 7.84. The lowest BCUT2D eigenvalue weighted by Gasteiger charge is -2.10. The highest BCUT2D eigenvalue weighted by Crippen LogP contribution is 2.24. The molecule has 2 aromatic carbocycles. The number of benzene rings is 2. The molecule has 0 unspecified atom stereocenters. The lowest BCUT2D eigenvalue weighted by atomic mass is 10.2. The van der Waals surface area contributed by atoms with E-state index in [0.717, 1.165) is 11.3 Å². The summed E-state index contributed by atoms with van der Waals surface area (Å²) in [7, 11) is 1.55. The van der Waals surface area contributed by atoms with Gasteiger partial charge in [0.2, 0.25) is 0 Å².